The molecule has 0 aromatic heterocycles. The number of carboxylic acid groups (broad SMARTS) is 1. The zero-order valence-corrected chi connectivity index (χ0v) is 11.1. The van der Waals surface area contributed by atoms with E-state index in [0.717, 1.165) is 19.4 Å². The van der Waals surface area contributed by atoms with Crippen molar-refractivity contribution in [2.75, 3.05) is 31.3 Å². The van der Waals surface area contributed by atoms with E-state index in [0.29, 0.717) is 13.2 Å². The molecule has 1 N–H and O–H groups in total. The summed E-state index contributed by atoms with van der Waals surface area (Å²) < 4.78 is 28.6. The fourth-order valence-electron chi connectivity index (χ4n) is 2.74. The van der Waals surface area contributed by atoms with Crippen molar-refractivity contribution in [2.24, 2.45) is 0 Å². The molecule has 2 saturated heterocycles. The van der Waals surface area contributed by atoms with Crippen molar-refractivity contribution in [3.8, 4) is 0 Å². The lowest BCUT2D eigenvalue weighted by Gasteiger charge is -2.41. The zero-order valence-electron chi connectivity index (χ0n) is 10.2. The number of carbonyl (C=O) groups is 1. The van der Waals surface area contributed by atoms with E-state index >= 15 is 0 Å². The molecule has 2 heterocycles. The molecular formula is C11H19NO5S. The monoisotopic (exact) mass is 277 g/mol. The Labute approximate surface area is 107 Å². The number of hydrogen-bond donors (Lipinski definition) is 1. The molecule has 0 aromatic rings. The highest BCUT2D eigenvalue weighted by atomic mass is 32.2. The molecule has 2 unspecified atom stereocenters. The molecule has 2 aliphatic heterocycles. The highest BCUT2D eigenvalue weighted by Crippen LogP contribution is 2.22. The maximum absolute atomic E-state index is 11.6. The van der Waals surface area contributed by atoms with Crippen molar-refractivity contribution in [3.05, 3.63) is 0 Å². The third-order valence-corrected chi connectivity index (χ3v) is 5.29. The summed E-state index contributed by atoms with van der Waals surface area (Å²) in [6.45, 7) is 1.75. The molecule has 18 heavy (non-hydrogen) atoms. The molecule has 2 atom stereocenters. The van der Waals surface area contributed by atoms with E-state index in [-0.39, 0.29) is 24.0 Å². The quantitative estimate of drug-likeness (QED) is 0.765. The number of rotatable bonds is 3. The van der Waals surface area contributed by atoms with E-state index in [4.69, 9.17) is 9.84 Å². The van der Waals surface area contributed by atoms with E-state index in [9.17, 15) is 13.2 Å². The van der Waals surface area contributed by atoms with Gasteiger partial charge in [0, 0.05) is 25.2 Å². The number of carboxylic acids is 1. The van der Waals surface area contributed by atoms with Gasteiger partial charge in [-0.3, -0.25) is 9.69 Å². The minimum atomic E-state index is -3.09. The van der Waals surface area contributed by atoms with Crippen LogP contribution in [0, 0.1) is 0 Å². The minimum Gasteiger partial charge on any atom is -0.481 e. The van der Waals surface area contributed by atoms with Crippen molar-refractivity contribution in [1.82, 2.24) is 4.90 Å². The Balaban J connectivity index is 2.08. The number of hydrogen-bond acceptors (Lipinski definition) is 5. The molecule has 0 radical (unpaired) electrons. The number of aliphatic carboxylic acids is 1. The van der Waals surface area contributed by atoms with Gasteiger partial charge < -0.3 is 9.84 Å². The van der Waals surface area contributed by atoms with Crippen LogP contribution >= 0.6 is 0 Å². The molecule has 104 valence electrons. The van der Waals surface area contributed by atoms with Gasteiger partial charge in [0.15, 0.2) is 9.84 Å². The molecule has 2 rings (SSSR count). The molecule has 0 saturated carbocycles. The Bertz CT molecular complexity index is 402. The van der Waals surface area contributed by atoms with Crippen molar-refractivity contribution in [1.29, 1.82) is 0 Å². The summed E-state index contributed by atoms with van der Waals surface area (Å²) in [6.07, 6.45) is 1.79. The van der Waals surface area contributed by atoms with Gasteiger partial charge >= 0.3 is 5.97 Å². The van der Waals surface area contributed by atoms with E-state index in [1.165, 1.54) is 0 Å². The Morgan fingerprint density at radius 2 is 2.22 bits per heavy atom. The molecular weight excluding hydrogens is 258 g/mol. The first-order valence-electron chi connectivity index (χ1n) is 6.23. The maximum atomic E-state index is 11.6. The molecule has 6 nitrogen and oxygen atoms in total. The highest BCUT2D eigenvalue weighted by Gasteiger charge is 2.36. The predicted octanol–water partition coefficient (Wildman–Crippen LogP) is -0.261. The average Bonchev–Trinajstić information content (AvgIpc) is 2.28. The van der Waals surface area contributed by atoms with Crippen molar-refractivity contribution in [3.63, 3.8) is 0 Å². The normalized spacial score (nSPS) is 33.1. The minimum absolute atomic E-state index is 0.0458. The molecule has 0 amide bonds. The van der Waals surface area contributed by atoms with Gasteiger partial charge in [0.1, 0.15) is 0 Å². The standard InChI is InChI=1S/C11H19NO5S/c13-11(14)6-10-8-18(15,16)5-3-12(10)9-2-1-4-17-7-9/h9-10H,1-8H2,(H,13,14). The third kappa shape index (κ3) is 3.43. The van der Waals surface area contributed by atoms with Crippen LogP contribution < -0.4 is 0 Å². The Morgan fingerprint density at radius 1 is 1.44 bits per heavy atom. The molecule has 7 heteroatoms. The SMILES string of the molecule is O=C(O)CC1CS(=O)(=O)CCN1C1CCCOC1. The van der Waals surface area contributed by atoms with Gasteiger partial charge in [-0.05, 0) is 12.8 Å². The molecule has 0 aliphatic carbocycles. The van der Waals surface area contributed by atoms with Crippen molar-refractivity contribution in [2.45, 2.75) is 31.3 Å². The summed E-state index contributed by atoms with van der Waals surface area (Å²) in [5.74, 6) is -0.867. The van der Waals surface area contributed by atoms with Crippen LogP contribution in [0.15, 0.2) is 0 Å². The second kappa shape index (κ2) is 5.54. The predicted molar refractivity (Wildman–Crippen MR) is 65.2 cm³/mol. The van der Waals surface area contributed by atoms with Gasteiger partial charge in [-0.1, -0.05) is 0 Å². The van der Waals surface area contributed by atoms with Crippen LogP contribution in [0.1, 0.15) is 19.3 Å². The Morgan fingerprint density at radius 3 is 2.83 bits per heavy atom. The summed E-state index contributed by atoms with van der Waals surface area (Å²) in [7, 11) is -3.09. The van der Waals surface area contributed by atoms with E-state index in [2.05, 4.69) is 0 Å². The van der Waals surface area contributed by atoms with Gasteiger partial charge in [-0.25, -0.2) is 8.42 Å². The van der Waals surface area contributed by atoms with Crippen LogP contribution in [0.5, 0.6) is 0 Å². The second-order valence-electron chi connectivity index (χ2n) is 4.97. The first-order valence-corrected chi connectivity index (χ1v) is 8.06. The molecule has 2 aliphatic rings. The lowest BCUT2D eigenvalue weighted by atomic mass is 10.0. The van der Waals surface area contributed by atoms with Crippen molar-refractivity contribution >= 4 is 15.8 Å². The molecule has 0 aromatic carbocycles. The summed E-state index contributed by atoms with van der Waals surface area (Å²) >= 11 is 0. The van der Waals surface area contributed by atoms with Crippen LogP contribution in [-0.4, -0.2) is 67.7 Å². The van der Waals surface area contributed by atoms with Crippen LogP contribution in [0.3, 0.4) is 0 Å². The number of ether oxygens (including phenoxy) is 1. The second-order valence-corrected chi connectivity index (χ2v) is 7.20. The lowest BCUT2D eigenvalue weighted by molar-refractivity contribution is -0.138. The fraction of sp³-hybridized carbons (Fsp3) is 0.909. The Kier molecular flexibility index (Phi) is 4.24. The third-order valence-electron chi connectivity index (χ3n) is 3.59. The van der Waals surface area contributed by atoms with Gasteiger partial charge in [0.05, 0.1) is 24.5 Å². The fourth-order valence-corrected chi connectivity index (χ4v) is 4.29. The van der Waals surface area contributed by atoms with E-state index in [1.807, 2.05) is 4.90 Å². The maximum Gasteiger partial charge on any atom is 0.304 e. The first kappa shape index (κ1) is 13.8. The molecule has 0 bridgehead atoms. The average molecular weight is 277 g/mol. The van der Waals surface area contributed by atoms with Crippen LogP contribution in [0.2, 0.25) is 0 Å². The van der Waals surface area contributed by atoms with Gasteiger partial charge in [0.2, 0.25) is 0 Å². The van der Waals surface area contributed by atoms with E-state index < -0.39 is 21.8 Å². The summed E-state index contributed by atoms with van der Waals surface area (Å²) in [4.78, 5) is 12.9. The first-order chi connectivity index (χ1) is 8.48. The topological polar surface area (TPSA) is 83.9 Å². The lowest BCUT2D eigenvalue weighted by Crippen LogP contribution is -2.55. The number of sulfone groups is 1. The summed E-state index contributed by atoms with van der Waals surface area (Å²) in [5, 5.41) is 8.90. The van der Waals surface area contributed by atoms with Gasteiger partial charge in [0.25, 0.3) is 0 Å². The van der Waals surface area contributed by atoms with Gasteiger partial charge in [-0.15, -0.1) is 0 Å². The Hall–Kier alpha value is -0.660. The smallest absolute Gasteiger partial charge is 0.304 e. The van der Waals surface area contributed by atoms with Crippen LogP contribution in [0.25, 0.3) is 0 Å². The van der Waals surface area contributed by atoms with E-state index in [1.54, 1.807) is 0 Å². The molecule has 2 fully saturated rings. The van der Waals surface area contributed by atoms with Crippen molar-refractivity contribution < 1.29 is 23.1 Å². The van der Waals surface area contributed by atoms with Crippen LogP contribution in [-0.2, 0) is 19.4 Å². The number of nitrogens with zero attached hydrogens (tertiary/aromatic N) is 1. The summed E-state index contributed by atoms with van der Waals surface area (Å²) in [6, 6.07) is -0.244. The largest absolute Gasteiger partial charge is 0.481 e. The van der Waals surface area contributed by atoms with Gasteiger partial charge in [-0.2, -0.15) is 0 Å². The van der Waals surface area contributed by atoms with Crippen LogP contribution in [0.4, 0.5) is 0 Å². The summed E-state index contributed by atoms with van der Waals surface area (Å²) in [5.41, 5.74) is 0. The zero-order chi connectivity index (χ0) is 13.2. The molecule has 0 spiro atoms. The highest BCUT2D eigenvalue weighted by molar-refractivity contribution is 7.91.